The number of ketones is 1. The minimum Gasteiger partial charge on any atom is -0.338 e. The van der Waals surface area contributed by atoms with Gasteiger partial charge in [0.05, 0.1) is 0 Å². The SMILES string of the molecule is Cn1ccnc1CCN1CCCC1C1CCCCC1=O. The first-order valence-corrected chi connectivity index (χ1v) is 7.98. The van der Waals surface area contributed by atoms with Crippen molar-refractivity contribution in [2.45, 2.75) is 51.0 Å². The average Bonchev–Trinajstić information content (AvgIpc) is 3.06. The number of hydrogen-bond donors (Lipinski definition) is 0. The van der Waals surface area contributed by atoms with E-state index in [1.54, 1.807) is 0 Å². The van der Waals surface area contributed by atoms with E-state index in [2.05, 4.69) is 21.5 Å². The monoisotopic (exact) mass is 275 g/mol. The molecule has 0 amide bonds. The van der Waals surface area contributed by atoms with Crippen molar-refractivity contribution in [1.29, 1.82) is 0 Å². The summed E-state index contributed by atoms with van der Waals surface area (Å²) in [5.74, 6) is 1.98. The van der Waals surface area contributed by atoms with Gasteiger partial charge >= 0.3 is 0 Å². The Hall–Kier alpha value is -1.16. The maximum absolute atomic E-state index is 12.2. The normalized spacial score (nSPS) is 28.1. The van der Waals surface area contributed by atoms with Gasteiger partial charge in [0, 0.05) is 50.8 Å². The van der Waals surface area contributed by atoms with Gasteiger partial charge in [-0.05, 0) is 32.2 Å². The van der Waals surface area contributed by atoms with Crippen LogP contribution in [0.1, 0.15) is 44.3 Å². The van der Waals surface area contributed by atoms with E-state index >= 15 is 0 Å². The minimum atomic E-state index is 0.313. The van der Waals surface area contributed by atoms with E-state index in [4.69, 9.17) is 0 Å². The number of carbonyl (C=O) groups is 1. The number of nitrogens with zero attached hydrogens (tertiary/aromatic N) is 3. The fourth-order valence-electron chi connectivity index (χ4n) is 3.88. The van der Waals surface area contributed by atoms with Crippen LogP contribution in [0.5, 0.6) is 0 Å². The summed E-state index contributed by atoms with van der Waals surface area (Å²) in [7, 11) is 2.05. The molecule has 0 radical (unpaired) electrons. The van der Waals surface area contributed by atoms with Gasteiger partial charge in [0.2, 0.25) is 0 Å². The third-order valence-corrected chi connectivity index (χ3v) is 5.02. The topological polar surface area (TPSA) is 38.1 Å². The first-order chi connectivity index (χ1) is 9.75. The molecule has 20 heavy (non-hydrogen) atoms. The van der Waals surface area contributed by atoms with Crippen molar-refractivity contribution in [3.8, 4) is 0 Å². The maximum Gasteiger partial charge on any atom is 0.137 e. The summed E-state index contributed by atoms with van der Waals surface area (Å²) < 4.78 is 2.09. The fraction of sp³-hybridized carbons (Fsp3) is 0.750. The largest absolute Gasteiger partial charge is 0.338 e. The lowest BCUT2D eigenvalue weighted by atomic mass is 9.82. The third kappa shape index (κ3) is 2.80. The lowest BCUT2D eigenvalue weighted by Crippen LogP contribution is -2.41. The molecule has 1 aromatic heterocycles. The third-order valence-electron chi connectivity index (χ3n) is 5.02. The Morgan fingerprint density at radius 2 is 2.20 bits per heavy atom. The van der Waals surface area contributed by atoms with Crippen molar-refractivity contribution in [2.75, 3.05) is 13.1 Å². The van der Waals surface area contributed by atoms with E-state index in [9.17, 15) is 4.79 Å². The molecular weight excluding hydrogens is 250 g/mol. The number of hydrogen-bond acceptors (Lipinski definition) is 3. The fourth-order valence-corrected chi connectivity index (χ4v) is 3.88. The molecule has 0 bridgehead atoms. The molecule has 110 valence electrons. The summed E-state index contributed by atoms with van der Waals surface area (Å²) >= 11 is 0. The van der Waals surface area contributed by atoms with Gasteiger partial charge in [-0.2, -0.15) is 0 Å². The second kappa shape index (κ2) is 6.08. The second-order valence-electron chi connectivity index (χ2n) is 6.27. The zero-order valence-corrected chi connectivity index (χ0v) is 12.4. The molecule has 1 aromatic rings. The van der Waals surface area contributed by atoms with Crippen molar-refractivity contribution in [2.24, 2.45) is 13.0 Å². The molecule has 4 heteroatoms. The number of aryl methyl sites for hydroxylation is 1. The van der Waals surface area contributed by atoms with Crippen LogP contribution in [0.4, 0.5) is 0 Å². The molecule has 2 unspecified atom stereocenters. The zero-order valence-electron chi connectivity index (χ0n) is 12.4. The second-order valence-corrected chi connectivity index (χ2v) is 6.27. The Labute approximate surface area is 121 Å². The molecule has 1 aliphatic heterocycles. The molecule has 2 fully saturated rings. The molecule has 3 rings (SSSR count). The highest BCUT2D eigenvalue weighted by Crippen LogP contribution is 2.32. The highest BCUT2D eigenvalue weighted by Gasteiger charge is 2.36. The van der Waals surface area contributed by atoms with Gasteiger partial charge in [-0.15, -0.1) is 0 Å². The Morgan fingerprint density at radius 3 is 2.95 bits per heavy atom. The molecular formula is C16H25N3O. The van der Waals surface area contributed by atoms with Crippen molar-refractivity contribution >= 4 is 5.78 Å². The van der Waals surface area contributed by atoms with Crippen LogP contribution in [0.3, 0.4) is 0 Å². The van der Waals surface area contributed by atoms with Crippen molar-refractivity contribution in [3.63, 3.8) is 0 Å². The number of Topliss-reactive ketones (excluding diaryl/α,β-unsaturated/α-hetero) is 1. The van der Waals surface area contributed by atoms with Crippen LogP contribution in [0.25, 0.3) is 0 Å². The Kier molecular flexibility index (Phi) is 4.20. The predicted molar refractivity (Wildman–Crippen MR) is 78.5 cm³/mol. The average molecular weight is 275 g/mol. The van der Waals surface area contributed by atoms with E-state index in [0.717, 1.165) is 44.6 Å². The van der Waals surface area contributed by atoms with E-state index in [1.165, 1.54) is 19.3 Å². The lowest BCUT2D eigenvalue weighted by Gasteiger charge is -2.33. The van der Waals surface area contributed by atoms with Crippen molar-refractivity contribution in [1.82, 2.24) is 14.5 Å². The van der Waals surface area contributed by atoms with E-state index < -0.39 is 0 Å². The number of carbonyl (C=O) groups excluding carboxylic acids is 1. The van der Waals surface area contributed by atoms with Crippen LogP contribution in [0.15, 0.2) is 12.4 Å². The highest BCUT2D eigenvalue weighted by atomic mass is 16.1. The first-order valence-electron chi connectivity index (χ1n) is 7.98. The van der Waals surface area contributed by atoms with Crippen molar-refractivity contribution in [3.05, 3.63) is 18.2 Å². The van der Waals surface area contributed by atoms with Crippen LogP contribution in [-0.2, 0) is 18.3 Å². The molecule has 1 saturated heterocycles. The van der Waals surface area contributed by atoms with Gasteiger partial charge in [-0.3, -0.25) is 9.69 Å². The summed E-state index contributed by atoms with van der Waals surface area (Å²) in [6.45, 7) is 2.19. The number of rotatable bonds is 4. The van der Waals surface area contributed by atoms with Gasteiger partial charge in [-0.25, -0.2) is 4.98 Å². The molecule has 2 atom stereocenters. The Balaban J connectivity index is 1.60. The maximum atomic E-state index is 12.2. The molecule has 0 N–H and O–H groups in total. The Bertz CT molecular complexity index is 468. The number of likely N-dealkylation sites (tertiary alicyclic amines) is 1. The predicted octanol–water partition coefficient (Wildman–Crippen LogP) is 2.19. The van der Waals surface area contributed by atoms with Gasteiger partial charge < -0.3 is 4.57 Å². The molecule has 2 heterocycles. The quantitative estimate of drug-likeness (QED) is 0.845. The van der Waals surface area contributed by atoms with Crippen LogP contribution < -0.4 is 0 Å². The van der Waals surface area contributed by atoms with Crippen molar-refractivity contribution < 1.29 is 4.79 Å². The lowest BCUT2D eigenvalue weighted by molar-refractivity contribution is -0.126. The smallest absolute Gasteiger partial charge is 0.137 e. The summed E-state index contributed by atoms with van der Waals surface area (Å²) in [6.07, 6.45) is 11.6. The molecule has 2 aliphatic rings. The van der Waals surface area contributed by atoms with Crippen LogP contribution in [0, 0.1) is 5.92 Å². The molecule has 4 nitrogen and oxygen atoms in total. The number of aromatic nitrogens is 2. The van der Waals surface area contributed by atoms with Crippen LogP contribution in [0.2, 0.25) is 0 Å². The summed E-state index contributed by atoms with van der Waals surface area (Å²) in [6, 6.07) is 0.503. The standard InChI is InChI=1S/C16H25N3O/c1-18-12-9-17-16(18)8-11-19-10-4-6-14(19)13-5-2-3-7-15(13)20/h9,12-14H,2-8,10-11H2,1H3. The minimum absolute atomic E-state index is 0.313. The van der Waals surface area contributed by atoms with Gasteiger partial charge in [0.25, 0.3) is 0 Å². The number of imidazole rings is 1. The highest BCUT2D eigenvalue weighted by molar-refractivity contribution is 5.82. The Morgan fingerprint density at radius 1 is 1.30 bits per heavy atom. The first kappa shape index (κ1) is 13.8. The van der Waals surface area contributed by atoms with E-state index in [-0.39, 0.29) is 0 Å². The van der Waals surface area contributed by atoms with Crippen LogP contribution in [-0.4, -0.2) is 39.4 Å². The van der Waals surface area contributed by atoms with Crippen LogP contribution >= 0.6 is 0 Å². The van der Waals surface area contributed by atoms with E-state index in [1.807, 2.05) is 12.4 Å². The molecule has 0 aromatic carbocycles. The van der Waals surface area contributed by atoms with Gasteiger partial charge in [0.1, 0.15) is 11.6 Å². The van der Waals surface area contributed by atoms with Gasteiger partial charge in [0.15, 0.2) is 0 Å². The zero-order chi connectivity index (χ0) is 13.9. The summed E-state index contributed by atoms with van der Waals surface area (Å²) in [4.78, 5) is 19.1. The molecule has 0 spiro atoms. The van der Waals surface area contributed by atoms with Gasteiger partial charge in [-0.1, -0.05) is 6.42 Å². The molecule has 1 saturated carbocycles. The summed E-state index contributed by atoms with van der Waals surface area (Å²) in [5.41, 5.74) is 0. The molecule has 1 aliphatic carbocycles. The van der Waals surface area contributed by atoms with E-state index in [0.29, 0.717) is 17.7 Å². The summed E-state index contributed by atoms with van der Waals surface area (Å²) in [5, 5.41) is 0.